The predicted molar refractivity (Wildman–Crippen MR) is 67.0 cm³/mol. The topological polar surface area (TPSA) is 40.5 Å². The highest BCUT2D eigenvalue weighted by Gasteiger charge is 2.35. The first-order valence-electron chi connectivity index (χ1n) is 6.40. The Morgan fingerprint density at radius 1 is 1.47 bits per heavy atom. The van der Waals surface area contributed by atoms with E-state index in [1.54, 1.807) is 6.92 Å². The number of carbonyl (C=O) groups is 1. The zero-order chi connectivity index (χ0) is 14.0. The van der Waals surface area contributed by atoms with Crippen molar-refractivity contribution >= 4 is 5.78 Å². The van der Waals surface area contributed by atoms with Crippen LogP contribution in [0.3, 0.4) is 0 Å². The summed E-state index contributed by atoms with van der Waals surface area (Å²) >= 11 is 0. The largest absolute Gasteiger partial charge is 0.395 e. The van der Waals surface area contributed by atoms with Crippen molar-refractivity contribution in [1.29, 1.82) is 0 Å². The summed E-state index contributed by atoms with van der Waals surface area (Å²) in [5, 5.41) is 9.03. The molecule has 1 aliphatic carbocycles. The van der Waals surface area contributed by atoms with Crippen molar-refractivity contribution in [3.63, 3.8) is 0 Å². The third-order valence-electron chi connectivity index (χ3n) is 3.45. The van der Waals surface area contributed by atoms with Gasteiger partial charge in [0.25, 0.3) is 0 Å². The van der Waals surface area contributed by atoms with E-state index in [4.69, 9.17) is 5.11 Å². The maximum atomic E-state index is 13.6. The quantitative estimate of drug-likeness (QED) is 0.803. The van der Waals surface area contributed by atoms with Gasteiger partial charge in [-0.25, -0.2) is 8.78 Å². The molecule has 1 unspecified atom stereocenters. The molecule has 1 saturated carbocycles. The van der Waals surface area contributed by atoms with Gasteiger partial charge in [0.15, 0.2) is 5.78 Å². The molecule has 1 aliphatic rings. The van der Waals surface area contributed by atoms with Gasteiger partial charge in [-0.2, -0.15) is 0 Å². The smallest absolute Gasteiger partial charge is 0.182 e. The molecule has 104 valence electrons. The fourth-order valence-corrected chi connectivity index (χ4v) is 2.28. The number of benzene rings is 1. The number of Topliss-reactive ketones (excluding diaryl/α,β-unsaturated/α-hetero) is 1. The first-order chi connectivity index (χ1) is 9.04. The third-order valence-corrected chi connectivity index (χ3v) is 3.45. The molecule has 0 aliphatic heterocycles. The first kappa shape index (κ1) is 14.1. The van der Waals surface area contributed by atoms with Crippen molar-refractivity contribution in [2.75, 3.05) is 13.2 Å². The van der Waals surface area contributed by atoms with Crippen LogP contribution in [0, 0.1) is 11.6 Å². The third kappa shape index (κ3) is 3.16. The molecule has 1 fully saturated rings. The summed E-state index contributed by atoms with van der Waals surface area (Å²) in [6.07, 6.45) is 1.98. The molecule has 1 N–H and O–H groups in total. The minimum Gasteiger partial charge on any atom is -0.395 e. The van der Waals surface area contributed by atoms with Crippen molar-refractivity contribution in [3.8, 4) is 0 Å². The Bertz CT molecular complexity index is 475. The molecular formula is C14H17F2NO2. The Balaban J connectivity index is 2.17. The van der Waals surface area contributed by atoms with E-state index in [1.807, 2.05) is 4.90 Å². The molecular weight excluding hydrogens is 252 g/mol. The van der Waals surface area contributed by atoms with Crippen molar-refractivity contribution in [2.45, 2.75) is 31.8 Å². The Labute approximate surface area is 110 Å². The van der Waals surface area contributed by atoms with Crippen LogP contribution in [-0.4, -0.2) is 41.0 Å². The SMILES string of the molecule is CC(C(=O)c1ccc(F)cc1F)N(CCO)C1CC1. The average molecular weight is 269 g/mol. The number of aliphatic hydroxyl groups excluding tert-OH is 1. The highest BCUT2D eigenvalue weighted by Crippen LogP contribution is 2.29. The fourth-order valence-electron chi connectivity index (χ4n) is 2.28. The Kier molecular flexibility index (Phi) is 4.27. The van der Waals surface area contributed by atoms with Crippen molar-refractivity contribution in [2.24, 2.45) is 0 Å². The summed E-state index contributed by atoms with van der Waals surface area (Å²) in [4.78, 5) is 14.1. The standard InChI is InChI=1S/C14H17F2NO2/c1-9(17(6-7-18)11-3-4-11)14(19)12-5-2-10(15)8-13(12)16/h2,5,8-9,11,18H,3-4,6-7H2,1H3. The van der Waals surface area contributed by atoms with Crippen LogP contribution < -0.4 is 0 Å². The first-order valence-corrected chi connectivity index (χ1v) is 6.40. The van der Waals surface area contributed by atoms with Gasteiger partial charge in [-0.1, -0.05) is 0 Å². The number of carbonyl (C=O) groups excluding carboxylic acids is 1. The van der Waals surface area contributed by atoms with Gasteiger partial charge < -0.3 is 5.11 Å². The van der Waals surface area contributed by atoms with Gasteiger partial charge in [-0.15, -0.1) is 0 Å². The second-order valence-electron chi connectivity index (χ2n) is 4.86. The highest BCUT2D eigenvalue weighted by atomic mass is 19.1. The summed E-state index contributed by atoms with van der Waals surface area (Å²) in [6.45, 7) is 2.04. The van der Waals surface area contributed by atoms with Crippen LogP contribution in [0.4, 0.5) is 8.78 Å². The second-order valence-corrected chi connectivity index (χ2v) is 4.86. The van der Waals surface area contributed by atoms with Crippen molar-refractivity contribution in [3.05, 3.63) is 35.4 Å². The molecule has 5 heteroatoms. The van der Waals surface area contributed by atoms with Crippen LogP contribution in [0.2, 0.25) is 0 Å². The number of nitrogens with zero attached hydrogens (tertiary/aromatic N) is 1. The van der Waals surface area contributed by atoms with Crippen molar-refractivity contribution < 1.29 is 18.7 Å². The normalized spacial score (nSPS) is 16.7. The Morgan fingerprint density at radius 2 is 2.16 bits per heavy atom. The van der Waals surface area contributed by atoms with Gasteiger partial charge in [0.1, 0.15) is 11.6 Å². The number of hydrogen-bond donors (Lipinski definition) is 1. The van der Waals surface area contributed by atoms with Gasteiger partial charge >= 0.3 is 0 Å². The average Bonchev–Trinajstić information content (AvgIpc) is 3.18. The van der Waals surface area contributed by atoms with E-state index < -0.39 is 17.7 Å². The molecule has 0 bridgehead atoms. The van der Waals surface area contributed by atoms with Crippen LogP contribution in [0.5, 0.6) is 0 Å². The molecule has 0 amide bonds. The summed E-state index contributed by atoms with van der Waals surface area (Å²) in [6, 6.07) is 2.74. The van der Waals surface area contributed by atoms with Crippen LogP contribution >= 0.6 is 0 Å². The van der Waals surface area contributed by atoms with Crippen LogP contribution in [0.25, 0.3) is 0 Å². The number of halogens is 2. The lowest BCUT2D eigenvalue weighted by molar-refractivity contribution is 0.0788. The lowest BCUT2D eigenvalue weighted by Gasteiger charge is -2.27. The molecule has 0 heterocycles. The van der Waals surface area contributed by atoms with Gasteiger partial charge in [-0.3, -0.25) is 9.69 Å². The van der Waals surface area contributed by atoms with Crippen LogP contribution in [0.15, 0.2) is 18.2 Å². The summed E-state index contributed by atoms with van der Waals surface area (Å²) in [5.74, 6) is -1.91. The molecule has 1 aromatic carbocycles. The zero-order valence-electron chi connectivity index (χ0n) is 10.8. The Morgan fingerprint density at radius 3 is 2.68 bits per heavy atom. The van der Waals surface area contributed by atoms with E-state index in [0.717, 1.165) is 18.9 Å². The molecule has 3 nitrogen and oxygen atoms in total. The summed E-state index contributed by atoms with van der Waals surface area (Å²) < 4.78 is 26.4. The highest BCUT2D eigenvalue weighted by molar-refractivity contribution is 6.00. The minimum atomic E-state index is -0.836. The zero-order valence-corrected chi connectivity index (χ0v) is 10.8. The van der Waals surface area contributed by atoms with Crippen LogP contribution in [0.1, 0.15) is 30.1 Å². The van der Waals surface area contributed by atoms with Crippen LogP contribution in [-0.2, 0) is 0 Å². The fraction of sp³-hybridized carbons (Fsp3) is 0.500. The number of ketones is 1. The maximum absolute atomic E-state index is 13.6. The van der Waals surface area contributed by atoms with E-state index in [2.05, 4.69) is 0 Å². The maximum Gasteiger partial charge on any atom is 0.182 e. The van der Waals surface area contributed by atoms with E-state index >= 15 is 0 Å². The van der Waals surface area contributed by atoms with Gasteiger partial charge in [0, 0.05) is 18.7 Å². The van der Waals surface area contributed by atoms with E-state index in [0.29, 0.717) is 12.6 Å². The van der Waals surface area contributed by atoms with Crippen molar-refractivity contribution in [1.82, 2.24) is 4.90 Å². The lowest BCUT2D eigenvalue weighted by atomic mass is 10.0. The summed E-state index contributed by atoms with van der Waals surface area (Å²) in [5.41, 5.74) is -0.0995. The number of rotatable bonds is 6. The number of hydrogen-bond acceptors (Lipinski definition) is 3. The van der Waals surface area contributed by atoms with Gasteiger partial charge in [0.05, 0.1) is 18.2 Å². The van der Waals surface area contributed by atoms with E-state index in [1.165, 1.54) is 6.07 Å². The molecule has 1 aromatic rings. The molecule has 19 heavy (non-hydrogen) atoms. The molecule has 0 aromatic heterocycles. The lowest BCUT2D eigenvalue weighted by Crippen LogP contribution is -2.42. The molecule has 0 saturated heterocycles. The minimum absolute atomic E-state index is 0.0416. The second kappa shape index (κ2) is 5.75. The predicted octanol–water partition coefficient (Wildman–Crippen LogP) is 1.99. The molecule has 2 rings (SSSR count). The Hall–Kier alpha value is -1.33. The molecule has 1 atom stereocenters. The van der Waals surface area contributed by atoms with Gasteiger partial charge in [0.2, 0.25) is 0 Å². The number of aliphatic hydroxyl groups is 1. The van der Waals surface area contributed by atoms with E-state index in [-0.39, 0.29) is 24.0 Å². The van der Waals surface area contributed by atoms with Gasteiger partial charge in [-0.05, 0) is 31.9 Å². The monoisotopic (exact) mass is 269 g/mol. The summed E-state index contributed by atoms with van der Waals surface area (Å²) in [7, 11) is 0. The van der Waals surface area contributed by atoms with E-state index in [9.17, 15) is 13.6 Å². The molecule has 0 radical (unpaired) electrons. The molecule has 0 spiro atoms.